The smallest absolute Gasteiger partial charge is 0.271 e. The van der Waals surface area contributed by atoms with Gasteiger partial charge in [0.2, 0.25) is 0 Å². The predicted molar refractivity (Wildman–Crippen MR) is 136 cm³/mol. The van der Waals surface area contributed by atoms with Crippen LogP contribution in [0.4, 0.5) is 5.69 Å². The maximum absolute atomic E-state index is 13.4. The van der Waals surface area contributed by atoms with E-state index in [-0.39, 0.29) is 18.0 Å². The number of aromatic nitrogens is 2. The van der Waals surface area contributed by atoms with Crippen molar-refractivity contribution in [1.82, 2.24) is 4.57 Å². The van der Waals surface area contributed by atoms with Crippen molar-refractivity contribution >= 4 is 51.2 Å². The first-order chi connectivity index (χ1) is 15.6. The fourth-order valence-corrected chi connectivity index (χ4v) is 7.31. The molecule has 170 valence electrons. The van der Waals surface area contributed by atoms with Gasteiger partial charge in [-0.15, -0.1) is 11.3 Å². The summed E-state index contributed by atoms with van der Waals surface area (Å²) in [5.74, 6) is 0. The number of nitrogens with zero attached hydrogens (tertiary/aromatic N) is 3. The molecule has 0 fully saturated rings. The summed E-state index contributed by atoms with van der Waals surface area (Å²) < 4.78 is 5.94. The van der Waals surface area contributed by atoms with Crippen molar-refractivity contribution in [2.75, 3.05) is 11.9 Å². The van der Waals surface area contributed by atoms with E-state index >= 15 is 0 Å². The molecule has 0 unspecified atom stereocenters. The Balaban J connectivity index is 0.00000259. The first kappa shape index (κ1) is 23.8. The first-order valence-electron chi connectivity index (χ1n) is 10.5. The third-order valence-electron chi connectivity index (χ3n) is 5.63. The van der Waals surface area contributed by atoms with Gasteiger partial charge in [-0.1, -0.05) is 65.6 Å². The lowest BCUT2D eigenvalue weighted by Gasteiger charge is -2.12. The number of halogens is 1. The Bertz CT molecular complexity index is 1470. The molecule has 0 radical (unpaired) electrons. The molecule has 0 saturated carbocycles. The van der Waals surface area contributed by atoms with E-state index in [1.54, 1.807) is 34.4 Å². The topological polar surface area (TPSA) is 29.1 Å². The van der Waals surface area contributed by atoms with E-state index in [0.717, 1.165) is 25.8 Å². The number of anilines is 1. The fourth-order valence-electron chi connectivity index (χ4n) is 3.92. The van der Waals surface area contributed by atoms with Gasteiger partial charge in [-0.2, -0.15) is 4.57 Å². The second-order valence-electron chi connectivity index (χ2n) is 7.71. The van der Waals surface area contributed by atoms with Crippen LogP contribution in [0.5, 0.6) is 0 Å². The van der Waals surface area contributed by atoms with Gasteiger partial charge in [0.25, 0.3) is 10.6 Å². The first-order valence-corrected chi connectivity index (χ1v) is 13.1. The molecule has 1 aliphatic rings. The zero-order valence-corrected chi connectivity index (χ0v) is 21.8. The van der Waals surface area contributed by atoms with Crippen molar-refractivity contribution in [1.29, 1.82) is 0 Å². The maximum Gasteiger partial charge on any atom is 0.271 e. The van der Waals surface area contributed by atoms with E-state index in [1.807, 2.05) is 17.6 Å². The third kappa shape index (κ3) is 4.43. The van der Waals surface area contributed by atoms with Crippen LogP contribution in [0.25, 0.3) is 11.1 Å². The second kappa shape index (κ2) is 9.89. The average Bonchev–Trinajstić information content (AvgIpc) is 3.46. The highest BCUT2D eigenvalue weighted by molar-refractivity contribution is 8.08. The lowest BCUT2D eigenvalue weighted by molar-refractivity contribution is -0.685. The van der Waals surface area contributed by atoms with Gasteiger partial charge in [-0.25, -0.2) is 0 Å². The zero-order valence-electron chi connectivity index (χ0n) is 18.6. The van der Waals surface area contributed by atoms with Crippen LogP contribution in [0.15, 0.2) is 69.8 Å². The largest absolute Gasteiger partial charge is 1.00 e. The average molecular weight is 514 g/mol. The summed E-state index contributed by atoms with van der Waals surface area (Å²) in [6.45, 7) is 5.63. The highest BCUT2D eigenvalue weighted by Gasteiger charge is 2.26. The molecular weight excluding hydrogens is 490 g/mol. The number of rotatable bonds is 4. The van der Waals surface area contributed by atoms with Crippen molar-refractivity contribution in [2.24, 2.45) is 0 Å². The van der Waals surface area contributed by atoms with Crippen LogP contribution in [0.1, 0.15) is 23.1 Å². The number of benzene rings is 2. The quantitative estimate of drug-likeness (QED) is 0.378. The number of thioether (sulfide) groups is 1. The van der Waals surface area contributed by atoms with Gasteiger partial charge in [0.05, 0.1) is 17.1 Å². The lowest BCUT2D eigenvalue weighted by Crippen LogP contribution is -3.00. The van der Waals surface area contributed by atoms with E-state index in [2.05, 4.69) is 83.6 Å². The summed E-state index contributed by atoms with van der Waals surface area (Å²) in [5, 5.41) is 4.27. The molecule has 1 aliphatic heterocycles. The maximum atomic E-state index is 13.4. The van der Waals surface area contributed by atoms with Gasteiger partial charge in [0.15, 0.2) is 12.7 Å². The predicted octanol–water partition coefficient (Wildman–Crippen LogP) is 0.776. The van der Waals surface area contributed by atoms with Crippen LogP contribution in [0.3, 0.4) is 0 Å². The number of hydrogen-bond acceptors (Lipinski definition) is 5. The van der Waals surface area contributed by atoms with Gasteiger partial charge < -0.3 is 17.3 Å². The summed E-state index contributed by atoms with van der Waals surface area (Å²) in [4.78, 5) is 16.8. The lowest BCUT2D eigenvalue weighted by atomic mass is 10.2. The number of hydrogen-bond donors (Lipinski definition) is 0. The summed E-state index contributed by atoms with van der Waals surface area (Å²) in [7, 11) is 2.06. The highest BCUT2D eigenvalue weighted by atomic mass is 35.5. The van der Waals surface area contributed by atoms with Gasteiger partial charge in [0.1, 0.15) is 14.2 Å². The number of thiazole rings is 2. The van der Waals surface area contributed by atoms with Gasteiger partial charge in [0, 0.05) is 24.1 Å². The molecule has 4 aromatic rings. The summed E-state index contributed by atoms with van der Waals surface area (Å²) in [6, 6.07) is 16.8. The normalized spacial score (nSPS) is 15.0. The van der Waals surface area contributed by atoms with E-state index in [4.69, 9.17) is 0 Å². The summed E-state index contributed by atoms with van der Waals surface area (Å²) >= 11 is 5.00. The molecule has 0 aliphatic carbocycles. The van der Waals surface area contributed by atoms with Crippen LogP contribution < -0.4 is 36.6 Å². The Labute approximate surface area is 211 Å². The number of aryl methyl sites for hydroxylation is 1. The zero-order chi connectivity index (χ0) is 22.2. The molecule has 33 heavy (non-hydrogen) atoms. The van der Waals surface area contributed by atoms with E-state index in [0.29, 0.717) is 6.54 Å². The molecular formula is C25H24ClN3OS3. The molecule has 0 N–H and O–H groups in total. The Kier molecular flexibility index (Phi) is 7.14. The molecule has 3 heterocycles. The molecule has 2 aromatic carbocycles. The van der Waals surface area contributed by atoms with Crippen molar-refractivity contribution in [3.05, 3.63) is 95.8 Å². The molecule has 2 aromatic heterocycles. The molecule has 0 atom stereocenters. The molecule has 0 spiro atoms. The van der Waals surface area contributed by atoms with E-state index in [1.165, 1.54) is 21.7 Å². The minimum atomic E-state index is 0. The van der Waals surface area contributed by atoms with Crippen molar-refractivity contribution in [2.45, 2.75) is 31.8 Å². The minimum Gasteiger partial charge on any atom is -1.00 e. The minimum absolute atomic E-state index is 0. The van der Waals surface area contributed by atoms with Crippen molar-refractivity contribution in [3.63, 3.8) is 0 Å². The van der Waals surface area contributed by atoms with Crippen LogP contribution in [0, 0.1) is 6.92 Å². The third-order valence-corrected chi connectivity index (χ3v) is 9.14. The Morgan fingerprint density at radius 1 is 1.09 bits per heavy atom. The van der Waals surface area contributed by atoms with Crippen molar-refractivity contribution < 1.29 is 17.0 Å². The standard InChI is InChI=1S/C25H24N3OS3.ClH/c1-4-28-21(15-20-27(13-14-30-20)16-18-10-6-5-7-11-18)31-23(24(28)29)25-26(3)19-12-8-9-17(2)22(19)32-25;/h5-15H,4,16H2,1-3H3;1H/q+1;/p-1/b25-23+;. The molecule has 4 nitrogen and oxygen atoms in total. The highest BCUT2D eigenvalue weighted by Crippen LogP contribution is 2.46. The van der Waals surface area contributed by atoms with Crippen LogP contribution in [-0.2, 0) is 13.1 Å². The monoisotopic (exact) mass is 513 g/mol. The fraction of sp³-hybridized carbons (Fsp3) is 0.200. The Hall–Kier alpha value is -2.32. The van der Waals surface area contributed by atoms with E-state index < -0.39 is 0 Å². The van der Waals surface area contributed by atoms with Crippen molar-refractivity contribution in [3.8, 4) is 0 Å². The molecule has 0 saturated heterocycles. The number of fused-ring (bicyclic) bond motifs is 1. The van der Waals surface area contributed by atoms with Gasteiger partial charge >= 0.3 is 0 Å². The molecule has 0 amide bonds. The molecule has 0 bridgehead atoms. The van der Waals surface area contributed by atoms with Gasteiger partial charge in [-0.05, 0) is 25.5 Å². The Morgan fingerprint density at radius 2 is 1.88 bits per heavy atom. The second-order valence-corrected chi connectivity index (χ2v) is 10.7. The molecule has 5 rings (SSSR count). The Morgan fingerprint density at radius 3 is 2.61 bits per heavy atom. The van der Waals surface area contributed by atoms with Crippen LogP contribution in [-0.4, -0.2) is 11.6 Å². The summed E-state index contributed by atoms with van der Waals surface area (Å²) in [6.07, 6.45) is 4.27. The van der Waals surface area contributed by atoms with E-state index in [9.17, 15) is 4.79 Å². The summed E-state index contributed by atoms with van der Waals surface area (Å²) in [5.41, 5.74) is 3.77. The van der Waals surface area contributed by atoms with Crippen LogP contribution >= 0.6 is 34.4 Å². The SMILES string of the molecule is CCn1c(=O)/c(=C2\Sc3c(C)cccc3N2C)s/c1=C\c1scc[n+]1Cc1ccccc1.[Cl-]. The molecule has 8 heteroatoms. The van der Waals surface area contributed by atoms with Gasteiger partial charge in [-0.3, -0.25) is 9.36 Å². The van der Waals surface area contributed by atoms with Crippen LogP contribution in [0.2, 0.25) is 0 Å².